The van der Waals surface area contributed by atoms with Gasteiger partial charge in [0.1, 0.15) is 6.04 Å². The maximum absolute atomic E-state index is 12.9. The lowest BCUT2D eigenvalue weighted by Crippen LogP contribution is -2.27. The fourth-order valence-corrected chi connectivity index (χ4v) is 4.08. The van der Waals surface area contributed by atoms with Crippen molar-refractivity contribution in [2.45, 2.75) is 30.3 Å². The zero-order valence-electron chi connectivity index (χ0n) is 15.1. The number of thioether (sulfide) groups is 1. The number of rotatable bonds is 7. The van der Waals surface area contributed by atoms with E-state index < -0.39 is 6.04 Å². The normalized spacial score (nSPS) is 12.0. The Hall–Kier alpha value is -2.22. The number of amides is 1. The number of anilines is 2. The lowest BCUT2D eigenvalue weighted by Gasteiger charge is -2.19. The van der Waals surface area contributed by atoms with Gasteiger partial charge < -0.3 is 11.1 Å². The van der Waals surface area contributed by atoms with Crippen molar-refractivity contribution < 1.29 is 4.79 Å². The molecule has 3 N–H and O–H groups in total. The summed E-state index contributed by atoms with van der Waals surface area (Å²) in [6, 6.07) is 14.0. The Morgan fingerprint density at radius 3 is 2.57 bits per heavy atom. The summed E-state index contributed by atoms with van der Waals surface area (Å²) < 4.78 is 1.66. The van der Waals surface area contributed by atoms with Gasteiger partial charge >= 0.3 is 0 Å². The van der Waals surface area contributed by atoms with E-state index in [-0.39, 0.29) is 11.9 Å². The van der Waals surface area contributed by atoms with Crippen LogP contribution in [0.3, 0.4) is 0 Å². The summed E-state index contributed by atoms with van der Waals surface area (Å²) in [6.45, 7) is 1.91. The first kappa shape index (κ1) is 20.5. The van der Waals surface area contributed by atoms with E-state index in [9.17, 15) is 4.79 Å². The standard InChI is InChI=1S/C19H19Cl2N5OS/c1-2-16(17(27)23-14-9-7-13(20)8-10-14)26-18(22)24-25-19(26)28-11-12-5-3-4-6-15(12)21/h3-10,16H,2,11H2,1H3,(H2,22,24)(H,23,27). The first-order chi connectivity index (χ1) is 13.5. The van der Waals surface area contributed by atoms with Crippen molar-refractivity contribution in [3.63, 3.8) is 0 Å². The van der Waals surface area contributed by atoms with E-state index >= 15 is 0 Å². The van der Waals surface area contributed by atoms with Gasteiger partial charge in [0.05, 0.1) is 0 Å². The SMILES string of the molecule is CCC(C(=O)Nc1ccc(Cl)cc1)n1c(N)nnc1SCc1ccccc1Cl. The number of nitrogen functional groups attached to an aromatic ring is 1. The predicted octanol–water partition coefficient (Wildman–Crippen LogP) is 5.05. The number of halogens is 2. The smallest absolute Gasteiger partial charge is 0.247 e. The van der Waals surface area contributed by atoms with Crippen molar-refractivity contribution in [1.82, 2.24) is 14.8 Å². The largest absolute Gasteiger partial charge is 0.368 e. The lowest BCUT2D eigenvalue weighted by atomic mass is 10.2. The number of nitrogens with two attached hydrogens (primary N) is 1. The van der Waals surface area contributed by atoms with Gasteiger partial charge in [0.15, 0.2) is 5.16 Å². The number of hydrogen-bond acceptors (Lipinski definition) is 5. The van der Waals surface area contributed by atoms with Crippen LogP contribution >= 0.6 is 35.0 Å². The Bertz CT molecular complexity index is 961. The third-order valence-corrected chi connectivity index (χ3v) is 5.73. The highest BCUT2D eigenvalue weighted by Gasteiger charge is 2.25. The van der Waals surface area contributed by atoms with E-state index in [1.54, 1.807) is 28.8 Å². The number of carbonyl (C=O) groups excluding carboxylic acids is 1. The van der Waals surface area contributed by atoms with Crippen LogP contribution < -0.4 is 11.1 Å². The Kier molecular flexibility index (Phi) is 6.83. The van der Waals surface area contributed by atoms with Crippen LogP contribution in [0.1, 0.15) is 24.9 Å². The maximum Gasteiger partial charge on any atom is 0.247 e. The Labute approximate surface area is 177 Å². The first-order valence-corrected chi connectivity index (χ1v) is 10.4. The second-order valence-corrected chi connectivity index (χ2v) is 7.80. The Balaban J connectivity index is 1.78. The van der Waals surface area contributed by atoms with Gasteiger partial charge in [-0.2, -0.15) is 0 Å². The fourth-order valence-electron chi connectivity index (χ4n) is 2.68. The van der Waals surface area contributed by atoms with Crippen LogP contribution in [-0.4, -0.2) is 20.7 Å². The second kappa shape index (κ2) is 9.32. The van der Waals surface area contributed by atoms with Crippen LogP contribution in [0.4, 0.5) is 11.6 Å². The van der Waals surface area contributed by atoms with E-state index in [4.69, 9.17) is 28.9 Å². The minimum atomic E-state index is -0.542. The molecule has 6 nitrogen and oxygen atoms in total. The number of nitrogens with one attached hydrogen (secondary N) is 1. The maximum atomic E-state index is 12.9. The topological polar surface area (TPSA) is 85.8 Å². The van der Waals surface area contributed by atoms with Gasteiger partial charge in [-0.05, 0) is 42.3 Å². The molecule has 3 rings (SSSR count). The summed E-state index contributed by atoms with van der Waals surface area (Å²) in [7, 11) is 0. The summed E-state index contributed by atoms with van der Waals surface area (Å²) >= 11 is 13.5. The molecule has 1 amide bonds. The predicted molar refractivity (Wildman–Crippen MR) is 115 cm³/mol. The minimum Gasteiger partial charge on any atom is -0.368 e. The zero-order valence-corrected chi connectivity index (χ0v) is 17.4. The fraction of sp³-hybridized carbons (Fsp3) is 0.211. The highest BCUT2D eigenvalue weighted by atomic mass is 35.5. The molecule has 2 aromatic carbocycles. The van der Waals surface area contributed by atoms with Gasteiger partial charge in [-0.25, -0.2) is 0 Å². The summed E-state index contributed by atoms with van der Waals surface area (Å²) in [5.41, 5.74) is 7.65. The van der Waals surface area contributed by atoms with E-state index in [1.807, 2.05) is 31.2 Å². The summed E-state index contributed by atoms with van der Waals surface area (Å²) in [5, 5.41) is 12.8. The van der Waals surface area contributed by atoms with E-state index in [0.717, 1.165) is 5.56 Å². The van der Waals surface area contributed by atoms with Gasteiger partial charge in [-0.15, -0.1) is 10.2 Å². The molecule has 0 radical (unpaired) electrons. The molecule has 1 aromatic heterocycles. The molecule has 9 heteroatoms. The van der Waals surface area contributed by atoms with E-state index in [2.05, 4.69) is 15.5 Å². The zero-order chi connectivity index (χ0) is 20.1. The van der Waals surface area contributed by atoms with Gasteiger partial charge in [0.2, 0.25) is 11.9 Å². The molecule has 0 bridgehead atoms. The van der Waals surface area contributed by atoms with Crippen LogP contribution in [-0.2, 0) is 10.5 Å². The van der Waals surface area contributed by atoms with E-state index in [0.29, 0.717) is 33.1 Å². The quantitative estimate of drug-likeness (QED) is 0.507. The molecular weight excluding hydrogens is 417 g/mol. The van der Waals surface area contributed by atoms with Gasteiger partial charge in [-0.3, -0.25) is 9.36 Å². The average Bonchev–Trinajstić information content (AvgIpc) is 3.04. The molecule has 0 aliphatic carbocycles. The molecule has 1 atom stereocenters. The van der Waals surface area contributed by atoms with Crippen molar-refractivity contribution in [2.24, 2.45) is 0 Å². The highest BCUT2D eigenvalue weighted by Crippen LogP contribution is 2.30. The molecule has 0 saturated carbocycles. The van der Waals surface area contributed by atoms with Gasteiger partial charge in [-0.1, -0.05) is 60.1 Å². The molecule has 0 fully saturated rings. The van der Waals surface area contributed by atoms with Crippen LogP contribution in [0.15, 0.2) is 53.7 Å². The molecule has 0 saturated heterocycles. The Morgan fingerprint density at radius 2 is 1.89 bits per heavy atom. The number of hydrogen-bond donors (Lipinski definition) is 2. The average molecular weight is 436 g/mol. The molecule has 0 aliphatic heterocycles. The molecule has 1 heterocycles. The van der Waals surface area contributed by atoms with Crippen molar-refractivity contribution >= 4 is 52.5 Å². The van der Waals surface area contributed by atoms with Gasteiger partial charge in [0, 0.05) is 21.5 Å². The summed E-state index contributed by atoms with van der Waals surface area (Å²) in [4.78, 5) is 12.9. The highest BCUT2D eigenvalue weighted by molar-refractivity contribution is 7.98. The molecule has 1 unspecified atom stereocenters. The first-order valence-electron chi connectivity index (χ1n) is 8.62. The van der Waals surface area contributed by atoms with Crippen LogP contribution in [0.5, 0.6) is 0 Å². The minimum absolute atomic E-state index is 0.194. The number of benzene rings is 2. The van der Waals surface area contributed by atoms with Crippen molar-refractivity contribution in [1.29, 1.82) is 0 Å². The third kappa shape index (κ3) is 4.79. The summed E-state index contributed by atoms with van der Waals surface area (Å²) in [5.74, 6) is 0.586. The second-order valence-electron chi connectivity index (χ2n) is 6.01. The lowest BCUT2D eigenvalue weighted by molar-refractivity contribution is -0.119. The van der Waals surface area contributed by atoms with Crippen LogP contribution in [0.25, 0.3) is 0 Å². The van der Waals surface area contributed by atoms with E-state index in [1.165, 1.54) is 11.8 Å². The number of nitrogens with zero attached hydrogens (tertiary/aromatic N) is 3. The van der Waals surface area contributed by atoms with Gasteiger partial charge in [0.25, 0.3) is 0 Å². The number of aromatic nitrogens is 3. The molecule has 28 heavy (non-hydrogen) atoms. The molecule has 0 aliphatic rings. The van der Waals surface area contributed by atoms with Crippen molar-refractivity contribution in [3.05, 3.63) is 64.1 Å². The summed E-state index contributed by atoms with van der Waals surface area (Å²) in [6.07, 6.45) is 0.529. The van der Waals surface area contributed by atoms with Crippen molar-refractivity contribution in [3.8, 4) is 0 Å². The monoisotopic (exact) mass is 435 g/mol. The third-order valence-electron chi connectivity index (χ3n) is 4.12. The van der Waals surface area contributed by atoms with Crippen LogP contribution in [0, 0.1) is 0 Å². The molecule has 0 spiro atoms. The van der Waals surface area contributed by atoms with Crippen LogP contribution in [0.2, 0.25) is 10.0 Å². The molecule has 3 aromatic rings. The molecule has 146 valence electrons. The Morgan fingerprint density at radius 1 is 1.18 bits per heavy atom. The molecular formula is C19H19Cl2N5OS. The number of carbonyl (C=O) groups is 1. The van der Waals surface area contributed by atoms with Crippen molar-refractivity contribution in [2.75, 3.05) is 11.1 Å².